The topological polar surface area (TPSA) is 35.2 Å². The highest BCUT2D eigenvalue weighted by Crippen LogP contribution is 2.22. The minimum absolute atomic E-state index is 0.723. The van der Waals surface area contributed by atoms with Crippen LogP contribution in [0, 0.1) is 0 Å². The maximum atomic E-state index is 5.59. The van der Waals surface area contributed by atoms with E-state index in [1.54, 1.807) is 0 Å². The highest BCUT2D eigenvalue weighted by Gasteiger charge is 2.03. The highest BCUT2D eigenvalue weighted by atomic mass is 16.5. The van der Waals surface area contributed by atoms with Crippen molar-refractivity contribution in [3.63, 3.8) is 0 Å². The number of hydrogen-bond donors (Lipinski definition) is 1. The molecule has 0 unspecified atom stereocenters. The van der Waals surface area contributed by atoms with Crippen LogP contribution in [-0.4, -0.2) is 13.2 Å². The van der Waals surface area contributed by atoms with E-state index in [0.717, 1.165) is 38.2 Å². The van der Waals surface area contributed by atoms with Gasteiger partial charge in [0.25, 0.3) is 0 Å². The number of benzene rings is 1. The Kier molecular flexibility index (Phi) is 5.19. The minimum atomic E-state index is 0.723. The van der Waals surface area contributed by atoms with Crippen LogP contribution in [0.25, 0.3) is 0 Å². The lowest BCUT2D eigenvalue weighted by molar-refractivity contribution is 0.336. The molecule has 0 aliphatic carbocycles. The number of rotatable bonds is 6. The number of nitrogens with two attached hydrogens (primary N) is 1. The molecule has 0 aliphatic heterocycles. The molecule has 0 aromatic heterocycles. The molecule has 0 saturated carbocycles. The zero-order valence-corrected chi connectivity index (χ0v) is 9.75. The Hall–Kier alpha value is -1.02. The van der Waals surface area contributed by atoms with Gasteiger partial charge < -0.3 is 10.5 Å². The van der Waals surface area contributed by atoms with Crippen molar-refractivity contribution in [2.45, 2.75) is 33.1 Å². The average molecular weight is 207 g/mol. The molecule has 1 rings (SSSR count). The Labute approximate surface area is 92.4 Å². The Morgan fingerprint density at radius 2 is 2.07 bits per heavy atom. The van der Waals surface area contributed by atoms with Crippen LogP contribution in [0.5, 0.6) is 5.75 Å². The third-order valence-electron chi connectivity index (χ3n) is 2.48. The number of hydrogen-bond acceptors (Lipinski definition) is 2. The lowest BCUT2D eigenvalue weighted by Gasteiger charge is -2.11. The van der Waals surface area contributed by atoms with E-state index in [4.69, 9.17) is 10.5 Å². The summed E-state index contributed by atoms with van der Waals surface area (Å²) >= 11 is 0. The summed E-state index contributed by atoms with van der Waals surface area (Å²) in [4.78, 5) is 0. The Morgan fingerprint density at radius 1 is 1.27 bits per heavy atom. The predicted octanol–water partition coefficient (Wildman–Crippen LogP) is 2.54. The third-order valence-corrected chi connectivity index (χ3v) is 2.48. The Balaban J connectivity index is 2.83. The molecule has 2 heteroatoms. The van der Waals surface area contributed by atoms with Gasteiger partial charge in [0.15, 0.2) is 0 Å². The largest absolute Gasteiger partial charge is 0.494 e. The maximum Gasteiger partial charge on any atom is 0.122 e. The molecule has 0 fully saturated rings. The lowest BCUT2D eigenvalue weighted by Crippen LogP contribution is -2.03. The monoisotopic (exact) mass is 207 g/mol. The van der Waals surface area contributed by atoms with Crippen molar-refractivity contribution in [2.24, 2.45) is 5.73 Å². The molecule has 0 amide bonds. The molecule has 1 aromatic rings. The summed E-state index contributed by atoms with van der Waals surface area (Å²) in [6.45, 7) is 5.64. The van der Waals surface area contributed by atoms with Crippen molar-refractivity contribution >= 4 is 0 Å². The van der Waals surface area contributed by atoms with Crippen LogP contribution in [0.1, 0.15) is 31.4 Å². The zero-order valence-electron chi connectivity index (χ0n) is 9.75. The van der Waals surface area contributed by atoms with E-state index in [1.807, 2.05) is 6.92 Å². The minimum Gasteiger partial charge on any atom is -0.494 e. The molecule has 0 saturated heterocycles. The molecule has 0 bridgehead atoms. The fourth-order valence-corrected chi connectivity index (χ4v) is 1.64. The van der Waals surface area contributed by atoms with Gasteiger partial charge in [-0.2, -0.15) is 0 Å². The van der Waals surface area contributed by atoms with Gasteiger partial charge in [-0.3, -0.25) is 0 Å². The van der Waals surface area contributed by atoms with Crippen molar-refractivity contribution in [1.29, 1.82) is 0 Å². The van der Waals surface area contributed by atoms with Gasteiger partial charge in [-0.15, -0.1) is 0 Å². The molecule has 2 nitrogen and oxygen atoms in total. The van der Waals surface area contributed by atoms with E-state index in [9.17, 15) is 0 Å². The maximum absolute atomic E-state index is 5.59. The molecule has 1 aromatic carbocycles. The van der Waals surface area contributed by atoms with Gasteiger partial charge in [-0.05, 0) is 49.9 Å². The van der Waals surface area contributed by atoms with Crippen LogP contribution in [0.2, 0.25) is 0 Å². The SMILES string of the molecule is CCOc1ccc(CC)cc1CCCN. The summed E-state index contributed by atoms with van der Waals surface area (Å²) in [6.07, 6.45) is 3.11. The average Bonchev–Trinajstić information content (AvgIpc) is 2.28. The van der Waals surface area contributed by atoms with Crippen molar-refractivity contribution < 1.29 is 4.74 Å². The van der Waals surface area contributed by atoms with Gasteiger partial charge in [-0.25, -0.2) is 0 Å². The highest BCUT2D eigenvalue weighted by molar-refractivity contribution is 5.37. The van der Waals surface area contributed by atoms with Crippen LogP contribution in [0.4, 0.5) is 0 Å². The van der Waals surface area contributed by atoms with Gasteiger partial charge in [0, 0.05) is 0 Å². The molecule has 0 radical (unpaired) electrons. The fourth-order valence-electron chi connectivity index (χ4n) is 1.64. The Bertz CT molecular complexity index is 297. The van der Waals surface area contributed by atoms with Gasteiger partial charge >= 0.3 is 0 Å². The molecular formula is C13H21NO. The van der Waals surface area contributed by atoms with E-state index < -0.39 is 0 Å². The summed E-state index contributed by atoms with van der Waals surface area (Å²) in [7, 11) is 0. The summed E-state index contributed by atoms with van der Waals surface area (Å²) in [5, 5.41) is 0. The first-order valence-electron chi connectivity index (χ1n) is 5.76. The first kappa shape index (κ1) is 12.1. The van der Waals surface area contributed by atoms with Gasteiger partial charge in [0.1, 0.15) is 5.75 Å². The first-order chi connectivity index (χ1) is 7.31. The van der Waals surface area contributed by atoms with Crippen LogP contribution in [0.15, 0.2) is 18.2 Å². The fraction of sp³-hybridized carbons (Fsp3) is 0.538. The second kappa shape index (κ2) is 6.46. The van der Waals surface area contributed by atoms with Crippen molar-refractivity contribution in [2.75, 3.05) is 13.2 Å². The van der Waals surface area contributed by atoms with Crippen molar-refractivity contribution in [1.82, 2.24) is 0 Å². The van der Waals surface area contributed by atoms with Gasteiger partial charge in [0.2, 0.25) is 0 Å². The van der Waals surface area contributed by atoms with E-state index in [-0.39, 0.29) is 0 Å². The third kappa shape index (κ3) is 3.56. The zero-order chi connectivity index (χ0) is 11.1. The summed E-state index contributed by atoms with van der Waals surface area (Å²) in [5.74, 6) is 1.02. The quantitative estimate of drug-likeness (QED) is 0.778. The molecule has 2 N–H and O–H groups in total. The molecule has 15 heavy (non-hydrogen) atoms. The van der Waals surface area contributed by atoms with Crippen molar-refractivity contribution in [3.8, 4) is 5.75 Å². The summed E-state index contributed by atoms with van der Waals surface area (Å²) in [5.41, 5.74) is 8.19. The van der Waals surface area contributed by atoms with Crippen LogP contribution >= 0.6 is 0 Å². The number of ether oxygens (including phenoxy) is 1. The lowest BCUT2D eigenvalue weighted by atomic mass is 10.0. The predicted molar refractivity (Wildman–Crippen MR) is 64.4 cm³/mol. The van der Waals surface area contributed by atoms with E-state index >= 15 is 0 Å². The smallest absolute Gasteiger partial charge is 0.122 e. The van der Waals surface area contributed by atoms with Gasteiger partial charge in [-0.1, -0.05) is 19.1 Å². The number of aryl methyl sites for hydroxylation is 2. The van der Waals surface area contributed by atoms with Crippen LogP contribution < -0.4 is 10.5 Å². The normalized spacial score (nSPS) is 10.3. The molecular weight excluding hydrogens is 186 g/mol. The van der Waals surface area contributed by atoms with Gasteiger partial charge in [0.05, 0.1) is 6.61 Å². The molecule has 0 heterocycles. The Morgan fingerprint density at radius 3 is 2.67 bits per heavy atom. The molecule has 0 aliphatic rings. The standard InChI is InChI=1S/C13H21NO/c1-3-11-7-8-13(15-4-2)12(10-11)6-5-9-14/h7-8,10H,3-6,9,14H2,1-2H3. The van der Waals surface area contributed by atoms with Crippen LogP contribution in [-0.2, 0) is 12.8 Å². The molecule has 0 atom stereocenters. The summed E-state index contributed by atoms with van der Waals surface area (Å²) < 4.78 is 5.59. The van der Waals surface area contributed by atoms with E-state index in [1.165, 1.54) is 11.1 Å². The second-order valence-electron chi connectivity index (χ2n) is 3.62. The van der Waals surface area contributed by atoms with Crippen LogP contribution in [0.3, 0.4) is 0 Å². The summed E-state index contributed by atoms with van der Waals surface area (Å²) in [6, 6.07) is 6.45. The first-order valence-corrected chi connectivity index (χ1v) is 5.76. The van der Waals surface area contributed by atoms with E-state index in [2.05, 4.69) is 25.1 Å². The van der Waals surface area contributed by atoms with E-state index in [0.29, 0.717) is 0 Å². The molecule has 84 valence electrons. The second-order valence-corrected chi connectivity index (χ2v) is 3.62. The van der Waals surface area contributed by atoms with Crippen molar-refractivity contribution in [3.05, 3.63) is 29.3 Å². The molecule has 0 spiro atoms.